The normalized spacial score (nSPS) is 17.9. The molecule has 1 aliphatic carbocycles. The third-order valence-electron chi connectivity index (χ3n) is 5.26. The summed E-state index contributed by atoms with van der Waals surface area (Å²) in [6, 6.07) is 28.8. The standard InChI is InChI=1S/C26H28N4/c27-23-11-13-25(14-12-23)30-26(29-20-22-9-5-2-6-10-22)17-15-24(16-18-26)28-19-21-7-3-1-4-8-21/h1-17,28-30H,18-20,27H2. The van der Waals surface area contributed by atoms with Gasteiger partial charge in [0.05, 0.1) is 0 Å². The summed E-state index contributed by atoms with van der Waals surface area (Å²) in [6.07, 6.45) is 7.41. The van der Waals surface area contributed by atoms with Crippen LogP contribution in [0.4, 0.5) is 11.4 Å². The molecule has 5 N–H and O–H groups in total. The van der Waals surface area contributed by atoms with Gasteiger partial charge in [-0.1, -0.05) is 66.7 Å². The molecule has 0 saturated heterocycles. The summed E-state index contributed by atoms with van der Waals surface area (Å²) in [5, 5.41) is 10.9. The first kappa shape index (κ1) is 19.8. The molecule has 0 aromatic heterocycles. The molecule has 152 valence electrons. The maximum absolute atomic E-state index is 5.85. The van der Waals surface area contributed by atoms with Crippen LogP contribution in [0.2, 0.25) is 0 Å². The molecular weight excluding hydrogens is 368 g/mol. The highest BCUT2D eigenvalue weighted by molar-refractivity contribution is 5.54. The molecule has 0 fully saturated rings. The second kappa shape index (κ2) is 9.33. The van der Waals surface area contributed by atoms with E-state index in [-0.39, 0.29) is 5.66 Å². The molecule has 30 heavy (non-hydrogen) atoms. The van der Waals surface area contributed by atoms with Crippen molar-refractivity contribution in [2.75, 3.05) is 11.1 Å². The summed E-state index contributed by atoms with van der Waals surface area (Å²) < 4.78 is 0. The van der Waals surface area contributed by atoms with Crippen molar-refractivity contribution in [3.8, 4) is 0 Å². The average molecular weight is 397 g/mol. The van der Waals surface area contributed by atoms with Gasteiger partial charge in [-0.3, -0.25) is 5.32 Å². The molecule has 4 rings (SSSR count). The summed E-state index contributed by atoms with van der Waals surface area (Å²) in [6.45, 7) is 1.58. The van der Waals surface area contributed by atoms with Gasteiger partial charge in [-0.05, 0) is 47.5 Å². The lowest BCUT2D eigenvalue weighted by molar-refractivity contribution is 0.446. The van der Waals surface area contributed by atoms with Gasteiger partial charge in [-0.15, -0.1) is 0 Å². The highest BCUT2D eigenvalue weighted by Crippen LogP contribution is 2.25. The van der Waals surface area contributed by atoms with Crippen molar-refractivity contribution in [2.24, 2.45) is 0 Å². The van der Waals surface area contributed by atoms with E-state index < -0.39 is 0 Å². The molecule has 1 unspecified atom stereocenters. The second-order valence-corrected chi connectivity index (χ2v) is 7.59. The zero-order valence-electron chi connectivity index (χ0n) is 17.0. The van der Waals surface area contributed by atoms with Crippen molar-refractivity contribution >= 4 is 11.4 Å². The minimum Gasteiger partial charge on any atom is -0.399 e. The Balaban J connectivity index is 1.46. The first-order chi connectivity index (χ1) is 14.7. The van der Waals surface area contributed by atoms with Crippen LogP contribution < -0.4 is 21.7 Å². The fourth-order valence-electron chi connectivity index (χ4n) is 3.52. The Morgan fingerprint density at radius 1 is 0.767 bits per heavy atom. The van der Waals surface area contributed by atoms with Gasteiger partial charge in [-0.25, -0.2) is 0 Å². The summed E-state index contributed by atoms with van der Waals surface area (Å²) in [5.41, 5.74) is 10.9. The summed E-state index contributed by atoms with van der Waals surface area (Å²) in [7, 11) is 0. The van der Waals surface area contributed by atoms with Crippen molar-refractivity contribution in [1.82, 2.24) is 10.6 Å². The number of benzene rings is 3. The van der Waals surface area contributed by atoms with E-state index in [0.29, 0.717) is 0 Å². The van der Waals surface area contributed by atoms with E-state index >= 15 is 0 Å². The third kappa shape index (κ3) is 5.31. The van der Waals surface area contributed by atoms with Crippen LogP contribution in [0.5, 0.6) is 0 Å². The van der Waals surface area contributed by atoms with Crippen molar-refractivity contribution in [1.29, 1.82) is 0 Å². The number of hydrogen-bond donors (Lipinski definition) is 4. The highest BCUT2D eigenvalue weighted by Gasteiger charge is 2.27. The minimum absolute atomic E-state index is 0.371. The Hall–Kier alpha value is -3.50. The molecule has 3 aromatic rings. The molecular formula is C26H28N4. The molecule has 0 amide bonds. The number of hydrogen-bond acceptors (Lipinski definition) is 4. The summed E-state index contributed by atoms with van der Waals surface area (Å²) >= 11 is 0. The van der Waals surface area contributed by atoms with Crippen LogP contribution in [0.15, 0.2) is 109 Å². The molecule has 0 radical (unpaired) electrons. The van der Waals surface area contributed by atoms with Crippen LogP contribution in [0.25, 0.3) is 0 Å². The third-order valence-corrected chi connectivity index (χ3v) is 5.26. The molecule has 1 atom stereocenters. The molecule has 0 bridgehead atoms. The zero-order chi connectivity index (χ0) is 20.7. The lowest BCUT2D eigenvalue weighted by atomic mass is 9.97. The van der Waals surface area contributed by atoms with Gasteiger partial charge in [0, 0.05) is 36.6 Å². The van der Waals surface area contributed by atoms with Crippen LogP contribution in [-0.2, 0) is 13.1 Å². The minimum atomic E-state index is -0.371. The molecule has 4 heteroatoms. The number of nitrogen functional groups attached to an aromatic ring is 1. The first-order valence-electron chi connectivity index (χ1n) is 10.3. The lowest BCUT2D eigenvalue weighted by Crippen LogP contribution is -2.50. The molecule has 0 spiro atoms. The maximum Gasteiger partial charge on any atom is 0.112 e. The zero-order valence-corrected chi connectivity index (χ0v) is 17.0. The van der Waals surface area contributed by atoms with Crippen molar-refractivity contribution in [2.45, 2.75) is 25.2 Å². The fraction of sp³-hybridized carbons (Fsp3) is 0.154. The van der Waals surface area contributed by atoms with Crippen LogP contribution >= 0.6 is 0 Å². The largest absolute Gasteiger partial charge is 0.399 e. The van der Waals surface area contributed by atoms with Gasteiger partial charge in [0.15, 0.2) is 0 Å². The molecule has 0 saturated carbocycles. The van der Waals surface area contributed by atoms with Crippen LogP contribution in [0, 0.1) is 0 Å². The Labute approximate surface area is 178 Å². The van der Waals surface area contributed by atoms with Crippen LogP contribution in [0.3, 0.4) is 0 Å². The van der Waals surface area contributed by atoms with Crippen LogP contribution in [0.1, 0.15) is 17.5 Å². The van der Waals surface area contributed by atoms with E-state index in [1.54, 1.807) is 0 Å². The van der Waals surface area contributed by atoms with E-state index in [1.807, 2.05) is 36.4 Å². The molecule has 0 heterocycles. The summed E-state index contributed by atoms with van der Waals surface area (Å²) in [5.74, 6) is 0. The van der Waals surface area contributed by atoms with Gasteiger partial charge < -0.3 is 16.4 Å². The van der Waals surface area contributed by atoms with Crippen molar-refractivity contribution in [3.05, 3.63) is 120 Å². The van der Waals surface area contributed by atoms with E-state index in [0.717, 1.165) is 36.6 Å². The van der Waals surface area contributed by atoms with E-state index in [4.69, 9.17) is 5.73 Å². The average Bonchev–Trinajstić information content (AvgIpc) is 2.80. The Morgan fingerprint density at radius 2 is 1.40 bits per heavy atom. The van der Waals surface area contributed by atoms with Gasteiger partial charge in [0.25, 0.3) is 0 Å². The predicted octanol–water partition coefficient (Wildman–Crippen LogP) is 4.80. The van der Waals surface area contributed by atoms with E-state index in [2.05, 4.69) is 82.7 Å². The number of rotatable bonds is 8. The Morgan fingerprint density at radius 3 is 2.00 bits per heavy atom. The maximum atomic E-state index is 5.85. The lowest BCUT2D eigenvalue weighted by Gasteiger charge is -2.36. The molecule has 4 nitrogen and oxygen atoms in total. The second-order valence-electron chi connectivity index (χ2n) is 7.59. The fourth-order valence-corrected chi connectivity index (χ4v) is 3.52. The Kier molecular flexibility index (Phi) is 6.16. The van der Waals surface area contributed by atoms with Gasteiger partial charge >= 0.3 is 0 Å². The van der Waals surface area contributed by atoms with Crippen molar-refractivity contribution < 1.29 is 0 Å². The monoisotopic (exact) mass is 396 g/mol. The SMILES string of the molecule is Nc1ccc(NC2(NCc3ccccc3)C=CC(NCc3ccccc3)=CC2)cc1. The van der Waals surface area contributed by atoms with E-state index in [9.17, 15) is 0 Å². The highest BCUT2D eigenvalue weighted by atomic mass is 15.2. The summed E-state index contributed by atoms with van der Waals surface area (Å²) in [4.78, 5) is 0. The number of nitrogens with two attached hydrogens (primary N) is 1. The van der Waals surface area contributed by atoms with Gasteiger partial charge in [-0.2, -0.15) is 0 Å². The van der Waals surface area contributed by atoms with Crippen LogP contribution in [-0.4, -0.2) is 5.66 Å². The smallest absolute Gasteiger partial charge is 0.112 e. The van der Waals surface area contributed by atoms with Gasteiger partial charge in [0.1, 0.15) is 5.66 Å². The topological polar surface area (TPSA) is 62.1 Å². The first-order valence-corrected chi connectivity index (χ1v) is 10.3. The number of allylic oxidation sites excluding steroid dienone is 1. The molecule has 0 aliphatic heterocycles. The van der Waals surface area contributed by atoms with Crippen molar-refractivity contribution in [3.63, 3.8) is 0 Å². The molecule has 3 aromatic carbocycles. The van der Waals surface area contributed by atoms with Gasteiger partial charge in [0.2, 0.25) is 0 Å². The number of anilines is 2. The van der Waals surface area contributed by atoms with E-state index in [1.165, 1.54) is 11.1 Å². The quantitative estimate of drug-likeness (QED) is 0.326. The molecule has 1 aliphatic rings. The Bertz CT molecular complexity index is 994. The number of nitrogens with one attached hydrogen (secondary N) is 3. The predicted molar refractivity (Wildman–Crippen MR) is 126 cm³/mol.